The average Bonchev–Trinajstić information content (AvgIpc) is 2.80. The molecular formula is C12H15FN2S2. The molecule has 92 valence electrons. The van der Waals surface area contributed by atoms with Crippen LogP contribution in [0.2, 0.25) is 0 Å². The Morgan fingerprint density at radius 3 is 3.00 bits per heavy atom. The van der Waals surface area contributed by atoms with Gasteiger partial charge in [0.15, 0.2) is 0 Å². The standard InChI is InChI=1S/C12H15FN2S2/c13-10-5-9(12(14)16)1-2-11(10)15-6-8-3-4-17-7-8/h1-2,5,8,15H,3-4,6-7H2,(H2,14,16). The fourth-order valence-corrected chi connectivity index (χ4v) is 3.22. The zero-order chi connectivity index (χ0) is 12.3. The summed E-state index contributed by atoms with van der Waals surface area (Å²) in [4.78, 5) is 0.225. The molecule has 1 heterocycles. The topological polar surface area (TPSA) is 38.0 Å². The van der Waals surface area contributed by atoms with Crippen molar-refractivity contribution in [1.29, 1.82) is 0 Å². The van der Waals surface area contributed by atoms with Gasteiger partial charge in [0.05, 0.1) is 5.69 Å². The van der Waals surface area contributed by atoms with Crippen LogP contribution >= 0.6 is 24.0 Å². The molecule has 3 N–H and O–H groups in total. The lowest BCUT2D eigenvalue weighted by atomic mass is 10.1. The highest BCUT2D eigenvalue weighted by Gasteiger charge is 2.15. The molecule has 0 bridgehead atoms. The Balaban J connectivity index is 1.98. The van der Waals surface area contributed by atoms with E-state index < -0.39 is 0 Å². The van der Waals surface area contributed by atoms with E-state index in [2.05, 4.69) is 5.32 Å². The molecule has 2 nitrogen and oxygen atoms in total. The summed E-state index contributed by atoms with van der Waals surface area (Å²) in [6, 6.07) is 4.83. The highest BCUT2D eigenvalue weighted by molar-refractivity contribution is 7.99. The van der Waals surface area contributed by atoms with Gasteiger partial charge in [-0.3, -0.25) is 0 Å². The number of nitrogens with one attached hydrogen (secondary N) is 1. The largest absolute Gasteiger partial charge is 0.389 e. The van der Waals surface area contributed by atoms with Gasteiger partial charge in [0.1, 0.15) is 10.8 Å². The highest BCUT2D eigenvalue weighted by Crippen LogP contribution is 2.24. The van der Waals surface area contributed by atoms with E-state index in [0.29, 0.717) is 17.2 Å². The van der Waals surface area contributed by atoms with Crippen LogP contribution in [0.5, 0.6) is 0 Å². The Bertz CT molecular complexity index is 417. The Hall–Kier alpha value is -0.810. The molecule has 0 radical (unpaired) electrons. The molecule has 1 saturated heterocycles. The zero-order valence-corrected chi connectivity index (χ0v) is 11.0. The van der Waals surface area contributed by atoms with Gasteiger partial charge >= 0.3 is 0 Å². The van der Waals surface area contributed by atoms with E-state index in [9.17, 15) is 4.39 Å². The van der Waals surface area contributed by atoms with E-state index in [-0.39, 0.29) is 10.8 Å². The fourth-order valence-electron chi connectivity index (χ4n) is 1.81. The Labute approximate surface area is 110 Å². The van der Waals surface area contributed by atoms with Crippen LogP contribution in [-0.2, 0) is 0 Å². The normalized spacial score (nSPS) is 19.2. The number of thiocarbonyl (C=S) groups is 1. The van der Waals surface area contributed by atoms with Gasteiger partial charge in [-0.25, -0.2) is 4.39 Å². The monoisotopic (exact) mass is 270 g/mol. The summed E-state index contributed by atoms with van der Waals surface area (Å²) >= 11 is 6.77. The molecule has 2 rings (SSSR count). The summed E-state index contributed by atoms with van der Waals surface area (Å²) in [5, 5.41) is 3.15. The molecule has 0 spiro atoms. The van der Waals surface area contributed by atoms with Crippen molar-refractivity contribution < 1.29 is 4.39 Å². The molecule has 1 atom stereocenters. The molecule has 1 fully saturated rings. The van der Waals surface area contributed by atoms with Gasteiger partial charge in [-0.1, -0.05) is 12.2 Å². The van der Waals surface area contributed by atoms with E-state index in [0.717, 1.165) is 6.54 Å². The van der Waals surface area contributed by atoms with Crippen LogP contribution in [0.1, 0.15) is 12.0 Å². The summed E-state index contributed by atoms with van der Waals surface area (Å²) in [7, 11) is 0. The van der Waals surface area contributed by atoms with Crippen LogP contribution in [0.3, 0.4) is 0 Å². The molecule has 0 saturated carbocycles. The van der Waals surface area contributed by atoms with Crippen LogP contribution < -0.4 is 11.1 Å². The first-order valence-corrected chi connectivity index (χ1v) is 7.14. The third kappa shape index (κ3) is 3.33. The smallest absolute Gasteiger partial charge is 0.146 e. The minimum Gasteiger partial charge on any atom is -0.389 e. The number of hydrogen-bond donors (Lipinski definition) is 2. The van der Waals surface area contributed by atoms with Crippen molar-refractivity contribution >= 4 is 34.7 Å². The second-order valence-electron chi connectivity index (χ2n) is 4.17. The van der Waals surface area contributed by atoms with Gasteiger partial charge in [0.25, 0.3) is 0 Å². The minimum absolute atomic E-state index is 0.225. The maximum absolute atomic E-state index is 13.7. The van der Waals surface area contributed by atoms with Crippen LogP contribution in [0, 0.1) is 11.7 Å². The van der Waals surface area contributed by atoms with Crippen molar-refractivity contribution in [1.82, 2.24) is 0 Å². The molecule has 1 unspecified atom stereocenters. The molecule has 1 aliphatic rings. The van der Waals surface area contributed by atoms with E-state index in [1.807, 2.05) is 11.8 Å². The summed E-state index contributed by atoms with van der Waals surface area (Å²) in [6.07, 6.45) is 1.21. The number of nitrogens with two attached hydrogens (primary N) is 1. The van der Waals surface area contributed by atoms with Gasteiger partial charge in [-0.05, 0) is 42.0 Å². The van der Waals surface area contributed by atoms with Crippen molar-refractivity contribution in [3.8, 4) is 0 Å². The lowest BCUT2D eigenvalue weighted by Gasteiger charge is -2.12. The van der Waals surface area contributed by atoms with Gasteiger partial charge in [0.2, 0.25) is 0 Å². The number of rotatable bonds is 4. The van der Waals surface area contributed by atoms with Crippen LogP contribution in [0.4, 0.5) is 10.1 Å². The number of hydrogen-bond acceptors (Lipinski definition) is 3. The second kappa shape index (κ2) is 5.69. The first kappa shape index (κ1) is 12.6. The first-order chi connectivity index (χ1) is 8.16. The lowest BCUT2D eigenvalue weighted by Crippen LogP contribution is -2.15. The fraction of sp³-hybridized carbons (Fsp3) is 0.417. The second-order valence-corrected chi connectivity index (χ2v) is 5.76. The SMILES string of the molecule is NC(=S)c1ccc(NCC2CCSC2)c(F)c1. The van der Waals surface area contributed by atoms with Crippen LogP contribution in [-0.4, -0.2) is 23.0 Å². The number of benzene rings is 1. The Morgan fingerprint density at radius 2 is 2.41 bits per heavy atom. The molecular weight excluding hydrogens is 255 g/mol. The quantitative estimate of drug-likeness (QED) is 0.825. The highest BCUT2D eigenvalue weighted by atomic mass is 32.2. The van der Waals surface area contributed by atoms with Crippen LogP contribution in [0.25, 0.3) is 0 Å². The number of thioether (sulfide) groups is 1. The van der Waals surface area contributed by atoms with Crippen molar-refractivity contribution in [2.75, 3.05) is 23.4 Å². The van der Waals surface area contributed by atoms with E-state index in [1.165, 1.54) is 24.0 Å². The van der Waals surface area contributed by atoms with Crippen LogP contribution in [0.15, 0.2) is 18.2 Å². The van der Waals surface area contributed by atoms with E-state index in [1.54, 1.807) is 12.1 Å². The van der Waals surface area contributed by atoms with Gasteiger partial charge in [-0.15, -0.1) is 0 Å². The van der Waals surface area contributed by atoms with Crippen molar-refractivity contribution in [3.05, 3.63) is 29.6 Å². The molecule has 5 heteroatoms. The Morgan fingerprint density at radius 1 is 1.59 bits per heavy atom. The number of anilines is 1. The summed E-state index contributed by atoms with van der Waals surface area (Å²) in [5.74, 6) is 2.74. The maximum Gasteiger partial charge on any atom is 0.146 e. The van der Waals surface area contributed by atoms with E-state index in [4.69, 9.17) is 18.0 Å². The van der Waals surface area contributed by atoms with Crippen molar-refractivity contribution in [2.45, 2.75) is 6.42 Å². The minimum atomic E-state index is -0.291. The third-order valence-corrected chi connectivity index (χ3v) is 4.33. The zero-order valence-electron chi connectivity index (χ0n) is 9.41. The molecule has 0 aliphatic carbocycles. The van der Waals surface area contributed by atoms with Gasteiger partial charge < -0.3 is 11.1 Å². The molecule has 17 heavy (non-hydrogen) atoms. The van der Waals surface area contributed by atoms with Crippen molar-refractivity contribution in [3.63, 3.8) is 0 Å². The Kier molecular flexibility index (Phi) is 4.23. The van der Waals surface area contributed by atoms with E-state index >= 15 is 0 Å². The first-order valence-electron chi connectivity index (χ1n) is 5.58. The molecule has 1 aromatic carbocycles. The molecule has 1 aliphatic heterocycles. The number of halogens is 1. The van der Waals surface area contributed by atoms with Crippen molar-refractivity contribution in [2.24, 2.45) is 11.7 Å². The average molecular weight is 270 g/mol. The van der Waals surface area contributed by atoms with Gasteiger partial charge in [0, 0.05) is 12.1 Å². The predicted molar refractivity (Wildman–Crippen MR) is 76.2 cm³/mol. The third-order valence-electron chi connectivity index (χ3n) is 2.86. The molecule has 0 amide bonds. The summed E-state index contributed by atoms with van der Waals surface area (Å²) < 4.78 is 13.7. The summed E-state index contributed by atoms with van der Waals surface area (Å²) in [6.45, 7) is 0.830. The van der Waals surface area contributed by atoms with Gasteiger partial charge in [-0.2, -0.15) is 11.8 Å². The molecule has 0 aromatic heterocycles. The predicted octanol–water partition coefficient (Wildman–Crippen LogP) is 2.62. The summed E-state index contributed by atoms with van der Waals surface area (Å²) in [5.41, 5.74) is 6.55. The maximum atomic E-state index is 13.7. The lowest BCUT2D eigenvalue weighted by molar-refractivity contribution is 0.611. The molecule has 1 aromatic rings.